The molecule has 0 spiro atoms. The van der Waals surface area contributed by atoms with Crippen molar-refractivity contribution in [3.63, 3.8) is 0 Å². The van der Waals surface area contributed by atoms with Crippen molar-refractivity contribution in [3.8, 4) is 0 Å². The third kappa shape index (κ3) is 4.87. The zero-order valence-corrected chi connectivity index (χ0v) is 14.6. The summed E-state index contributed by atoms with van der Waals surface area (Å²) in [5.41, 5.74) is 1.43. The molecule has 0 aliphatic carbocycles. The second kappa shape index (κ2) is 7.58. The molecule has 1 atom stereocenters. The molecule has 0 N–H and O–H groups in total. The first kappa shape index (κ1) is 16.0. The summed E-state index contributed by atoms with van der Waals surface area (Å²) in [5.74, 6) is 1.47. The Bertz CT molecular complexity index is 413. The topological polar surface area (TPSA) is 6.48 Å². The molecule has 0 radical (unpaired) electrons. The quantitative estimate of drug-likeness (QED) is 0.805. The van der Waals surface area contributed by atoms with Gasteiger partial charge in [-0.3, -0.25) is 0 Å². The summed E-state index contributed by atoms with van der Waals surface area (Å²) in [7, 11) is 4.50. The van der Waals surface area contributed by atoms with Crippen molar-refractivity contribution in [1.82, 2.24) is 9.80 Å². The maximum absolute atomic E-state index is 3.56. The van der Waals surface area contributed by atoms with Crippen LogP contribution in [0, 0.1) is 5.92 Å². The summed E-state index contributed by atoms with van der Waals surface area (Å²) in [6.45, 7) is 7.24. The van der Waals surface area contributed by atoms with Gasteiger partial charge in [-0.1, -0.05) is 35.0 Å². The maximum atomic E-state index is 3.56. The highest BCUT2D eigenvalue weighted by Gasteiger charge is 2.19. The molecule has 0 unspecified atom stereocenters. The Hall–Kier alpha value is -0.380. The van der Waals surface area contributed by atoms with Gasteiger partial charge in [0.05, 0.1) is 0 Å². The number of rotatable bonds is 5. The highest BCUT2D eigenvalue weighted by molar-refractivity contribution is 9.10. The van der Waals surface area contributed by atoms with E-state index in [4.69, 9.17) is 0 Å². The van der Waals surface area contributed by atoms with Crippen molar-refractivity contribution in [2.75, 3.05) is 40.3 Å². The first-order valence-corrected chi connectivity index (χ1v) is 8.46. The van der Waals surface area contributed by atoms with Crippen LogP contribution < -0.4 is 0 Å². The molecule has 1 aliphatic rings. The van der Waals surface area contributed by atoms with Gasteiger partial charge in [0, 0.05) is 17.6 Å². The Morgan fingerprint density at radius 2 is 2.05 bits per heavy atom. The molecule has 0 saturated carbocycles. The smallest absolute Gasteiger partial charge is 0.0178 e. The van der Waals surface area contributed by atoms with Crippen LogP contribution >= 0.6 is 15.9 Å². The lowest BCUT2D eigenvalue weighted by molar-refractivity contribution is 0.173. The lowest BCUT2D eigenvalue weighted by Crippen LogP contribution is -2.36. The monoisotopic (exact) mass is 338 g/mol. The number of hydrogen-bond acceptors (Lipinski definition) is 2. The summed E-state index contributed by atoms with van der Waals surface area (Å²) in [6.07, 6.45) is 2.71. The first-order valence-electron chi connectivity index (χ1n) is 7.67. The lowest BCUT2D eigenvalue weighted by atomic mass is 9.95. The minimum Gasteiger partial charge on any atom is -0.306 e. The normalized spacial score (nSPS) is 19.4. The van der Waals surface area contributed by atoms with Crippen molar-refractivity contribution >= 4 is 15.9 Å². The first-order chi connectivity index (χ1) is 9.54. The third-order valence-electron chi connectivity index (χ3n) is 4.41. The third-order valence-corrected chi connectivity index (χ3v) is 4.90. The van der Waals surface area contributed by atoms with Gasteiger partial charge in [-0.05, 0) is 69.6 Å². The Balaban J connectivity index is 1.80. The fourth-order valence-corrected chi connectivity index (χ4v) is 3.56. The molecule has 20 heavy (non-hydrogen) atoms. The number of benzene rings is 1. The number of hydrogen-bond donors (Lipinski definition) is 0. The van der Waals surface area contributed by atoms with E-state index in [9.17, 15) is 0 Å². The van der Waals surface area contributed by atoms with E-state index in [0.717, 1.165) is 12.5 Å². The van der Waals surface area contributed by atoms with E-state index in [1.807, 2.05) is 0 Å². The molecule has 2 nitrogen and oxygen atoms in total. The number of likely N-dealkylation sites (tertiary alicyclic amines) is 1. The zero-order chi connectivity index (χ0) is 14.5. The summed E-state index contributed by atoms with van der Waals surface area (Å²) >= 11 is 3.56. The van der Waals surface area contributed by atoms with E-state index >= 15 is 0 Å². The Kier molecular flexibility index (Phi) is 6.06. The molecular formula is C17H27BrN2. The Morgan fingerprint density at radius 3 is 2.70 bits per heavy atom. The average molecular weight is 339 g/mol. The van der Waals surface area contributed by atoms with E-state index in [1.165, 1.54) is 42.5 Å². The highest BCUT2D eigenvalue weighted by Crippen LogP contribution is 2.22. The predicted molar refractivity (Wildman–Crippen MR) is 90.3 cm³/mol. The highest BCUT2D eigenvalue weighted by atomic mass is 79.9. The van der Waals surface area contributed by atoms with Gasteiger partial charge < -0.3 is 9.80 Å². The van der Waals surface area contributed by atoms with Crippen LogP contribution in [0.4, 0.5) is 0 Å². The van der Waals surface area contributed by atoms with Crippen LogP contribution in [0.25, 0.3) is 0 Å². The molecular weight excluding hydrogens is 312 g/mol. The van der Waals surface area contributed by atoms with Crippen LogP contribution in [0.1, 0.15) is 31.2 Å². The second-order valence-electron chi connectivity index (χ2n) is 6.42. The van der Waals surface area contributed by atoms with E-state index in [2.05, 4.69) is 71.0 Å². The van der Waals surface area contributed by atoms with Crippen molar-refractivity contribution in [3.05, 3.63) is 34.3 Å². The maximum Gasteiger partial charge on any atom is 0.0178 e. The van der Waals surface area contributed by atoms with Gasteiger partial charge in [-0.25, -0.2) is 0 Å². The predicted octanol–water partition coefficient (Wildman–Crippen LogP) is 3.83. The minimum atomic E-state index is 0.587. The van der Waals surface area contributed by atoms with Crippen LogP contribution in [0.3, 0.4) is 0 Å². The van der Waals surface area contributed by atoms with E-state index in [0.29, 0.717) is 5.92 Å². The SMILES string of the molecule is C[C@@H](CN(C)CC1CCN(C)CC1)c1cccc(Br)c1. The summed E-state index contributed by atoms with van der Waals surface area (Å²) in [6, 6.07) is 8.71. The summed E-state index contributed by atoms with van der Waals surface area (Å²) in [5, 5.41) is 0. The van der Waals surface area contributed by atoms with E-state index in [-0.39, 0.29) is 0 Å². The van der Waals surface area contributed by atoms with Gasteiger partial charge in [0.2, 0.25) is 0 Å². The van der Waals surface area contributed by atoms with Gasteiger partial charge in [-0.2, -0.15) is 0 Å². The van der Waals surface area contributed by atoms with Crippen molar-refractivity contribution in [2.45, 2.75) is 25.7 Å². The van der Waals surface area contributed by atoms with Gasteiger partial charge in [0.1, 0.15) is 0 Å². The largest absolute Gasteiger partial charge is 0.306 e. The molecule has 1 saturated heterocycles. The van der Waals surface area contributed by atoms with Crippen LogP contribution in [0.2, 0.25) is 0 Å². The van der Waals surface area contributed by atoms with Crippen LogP contribution in [0.5, 0.6) is 0 Å². The molecule has 3 heteroatoms. The fourth-order valence-electron chi connectivity index (χ4n) is 3.15. The summed E-state index contributed by atoms with van der Waals surface area (Å²) < 4.78 is 1.18. The average Bonchev–Trinajstić information content (AvgIpc) is 2.41. The molecule has 1 aliphatic heterocycles. The van der Waals surface area contributed by atoms with Gasteiger partial charge in [0.25, 0.3) is 0 Å². The van der Waals surface area contributed by atoms with Gasteiger partial charge in [-0.15, -0.1) is 0 Å². The molecule has 0 aromatic heterocycles. The molecule has 2 rings (SSSR count). The van der Waals surface area contributed by atoms with Crippen LogP contribution in [0.15, 0.2) is 28.7 Å². The fraction of sp³-hybridized carbons (Fsp3) is 0.647. The number of halogens is 1. The second-order valence-corrected chi connectivity index (χ2v) is 7.34. The van der Waals surface area contributed by atoms with Gasteiger partial charge in [0.15, 0.2) is 0 Å². The number of likely N-dealkylation sites (N-methyl/N-ethyl adjacent to an activating group) is 1. The van der Waals surface area contributed by atoms with Crippen molar-refractivity contribution in [2.24, 2.45) is 5.92 Å². The molecule has 1 aromatic rings. The van der Waals surface area contributed by atoms with Crippen LogP contribution in [-0.2, 0) is 0 Å². The van der Waals surface area contributed by atoms with Gasteiger partial charge >= 0.3 is 0 Å². The Labute approximate surface area is 132 Å². The van der Waals surface area contributed by atoms with Crippen LogP contribution in [-0.4, -0.2) is 50.1 Å². The molecule has 0 bridgehead atoms. The molecule has 0 amide bonds. The zero-order valence-electron chi connectivity index (χ0n) is 13.0. The van der Waals surface area contributed by atoms with Crippen molar-refractivity contribution < 1.29 is 0 Å². The Morgan fingerprint density at radius 1 is 1.35 bits per heavy atom. The number of nitrogens with zero attached hydrogens (tertiary/aromatic N) is 2. The van der Waals surface area contributed by atoms with E-state index in [1.54, 1.807) is 0 Å². The summed E-state index contributed by atoms with van der Waals surface area (Å²) in [4.78, 5) is 4.96. The standard InChI is InChI=1S/C17H27BrN2/c1-14(16-5-4-6-17(18)11-16)12-20(3)13-15-7-9-19(2)10-8-15/h4-6,11,14-15H,7-10,12-13H2,1-3H3/t14-/m0/s1. The molecule has 112 valence electrons. The van der Waals surface area contributed by atoms with E-state index < -0.39 is 0 Å². The molecule has 1 aromatic carbocycles. The lowest BCUT2D eigenvalue weighted by Gasteiger charge is -2.32. The number of piperidine rings is 1. The minimum absolute atomic E-state index is 0.587. The van der Waals surface area contributed by atoms with Crippen molar-refractivity contribution in [1.29, 1.82) is 0 Å². The molecule has 1 heterocycles. The molecule has 1 fully saturated rings.